The molecule has 0 saturated carbocycles. The van der Waals surface area contributed by atoms with Crippen molar-refractivity contribution in [1.82, 2.24) is 0 Å². The van der Waals surface area contributed by atoms with Crippen molar-refractivity contribution in [3.8, 4) is 22.3 Å². The predicted octanol–water partition coefficient (Wildman–Crippen LogP) is 7.75. The first-order valence-electron chi connectivity index (χ1n) is 9.42. The van der Waals surface area contributed by atoms with Crippen molar-refractivity contribution in [2.75, 3.05) is 0 Å². The minimum Gasteiger partial charge on any atom is -0.0906 e. The van der Waals surface area contributed by atoms with Gasteiger partial charge in [0.2, 0.25) is 0 Å². The first-order valence-corrected chi connectivity index (χ1v) is 9.42. The molecule has 0 spiro atoms. The monoisotopic (exact) mass is 358 g/mol. The fourth-order valence-corrected chi connectivity index (χ4v) is 3.34. The highest BCUT2D eigenvalue weighted by Gasteiger charge is 2.07. The molecule has 0 fully saturated rings. The Morgan fingerprint density at radius 1 is 0.357 bits per heavy atom. The molecule has 0 aliphatic heterocycles. The van der Waals surface area contributed by atoms with Crippen LogP contribution in [0, 0.1) is 0 Å². The topological polar surface area (TPSA) is 0 Å². The van der Waals surface area contributed by atoms with Gasteiger partial charge in [0.25, 0.3) is 0 Å². The molecular formula is C28H22. The van der Waals surface area contributed by atoms with E-state index in [1.54, 1.807) is 0 Å². The van der Waals surface area contributed by atoms with E-state index in [1.165, 1.54) is 22.3 Å². The van der Waals surface area contributed by atoms with Crippen molar-refractivity contribution in [3.63, 3.8) is 0 Å². The van der Waals surface area contributed by atoms with Gasteiger partial charge < -0.3 is 0 Å². The molecule has 0 nitrogen and oxygen atoms in total. The van der Waals surface area contributed by atoms with Crippen LogP contribution in [0.1, 0.15) is 11.1 Å². The Bertz CT molecular complexity index is 991. The molecule has 0 bridgehead atoms. The number of hydrogen-bond donors (Lipinski definition) is 0. The van der Waals surface area contributed by atoms with Gasteiger partial charge in [-0.1, -0.05) is 122 Å². The lowest BCUT2D eigenvalue weighted by Gasteiger charge is -2.12. The largest absolute Gasteiger partial charge is 0.0906 e. The molecule has 0 aliphatic rings. The van der Waals surface area contributed by atoms with E-state index in [9.17, 15) is 0 Å². The fraction of sp³-hybridized carbons (Fsp3) is 0. The zero-order chi connectivity index (χ0) is 19.3. The molecule has 0 radical (unpaired) electrons. The Kier molecular flexibility index (Phi) is 5.03. The van der Waals surface area contributed by atoms with E-state index in [4.69, 9.17) is 0 Å². The number of allylic oxidation sites excluding steroid dienone is 2. The van der Waals surface area contributed by atoms with Crippen LogP contribution in [-0.4, -0.2) is 0 Å². The van der Waals surface area contributed by atoms with E-state index in [1.807, 2.05) is 12.1 Å². The first-order chi connectivity index (χ1) is 13.7. The van der Waals surface area contributed by atoms with Crippen molar-refractivity contribution < 1.29 is 0 Å². The van der Waals surface area contributed by atoms with Crippen LogP contribution in [0.5, 0.6) is 0 Å². The van der Waals surface area contributed by atoms with Gasteiger partial charge in [-0.2, -0.15) is 0 Å². The Balaban J connectivity index is 1.52. The highest BCUT2D eigenvalue weighted by molar-refractivity contribution is 6.03. The summed E-state index contributed by atoms with van der Waals surface area (Å²) in [6.45, 7) is 8.57. The van der Waals surface area contributed by atoms with E-state index < -0.39 is 0 Å². The van der Waals surface area contributed by atoms with Crippen LogP contribution in [0.25, 0.3) is 33.4 Å². The molecule has 0 atom stereocenters. The zero-order valence-electron chi connectivity index (χ0n) is 15.8. The van der Waals surface area contributed by atoms with Gasteiger partial charge in [-0.25, -0.2) is 0 Å². The lowest BCUT2D eigenvalue weighted by atomic mass is 9.92. The Labute approximate surface area is 167 Å². The summed E-state index contributed by atoms with van der Waals surface area (Å²) in [6, 6.07) is 37.8. The smallest absolute Gasteiger partial charge is 0.0183 e. The van der Waals surface area contributed by atoms with Gasteiger partial charge in [-0.3, -0.25) is 0 Å². The highest BCUT2D eigenvalue weighted by Crippen LogP contribution is 2.31. The number of rotatable bonds is 5. The van der Waals surface area contributed by atoms with Gasteiger partial charge >= 0.3 is 0 Å². The summed E-state index contributed by atoms with van der Waals surface area (Å²) in [6.07, 6.45) is 0. The van der Waals surface area contributed by atoms with E-state index >= 15 is 0 Å². The van der Waals surface area contributed by atoms with E-state index in [-0.39, 0.29) is 0 Å². The molecule has 4 aromatic carbocycles. The minimum atomic E-state index is 0.951. The third kappa shape index (κ3) is 3.72. The molecule has 0 amide bonds. The lowest BCUT2D eigenvalue weighted by molar-refractivity contribution is 1.56. The molecule has 0 N–H and O–H groups in total. The Morgan fingerprint density at radius 2 is 0.643 bits per heavy atom. The number of benzene rings is 4. The number of hydrogen-bond acceptors (Lipinski definition) is 0. The summed E-state index contributed by atoms with van der Waals surface area (Å²) in [5.74, 6) is 0. The van der Waals surface area contributed by atoms with Crippen molar-refractivity contribution >= 4 is 11.1 Å². The van der Waals surface area contributed by atoms with E-state index in [0.717, 1.165) is 22.3 Å². The van der Waals surface area contributed by atoms with Gasteiger partial charge in [0.05, 0.1) is 0 Å². The van der Waals surface area contributed by atoms with Crippen LogP contribution < -0.4 is 0 Å². The molecule has 0 heteroatoms. The normalized spacial score (nSPS) is 10.4. The summed E-state index contributed by atoms with van der Waals surface area (Å²) < 4.78 is 0. The molecular weight excluding hydrogens is 336 g/mol. The van der Waals surface area contributed by atoms with Crippen LogP contribution in [0.2, 0.25) is 0 Å². The minimum absolute atomic E-state index is 0.951. The van der Waals surface area contributed by atoms with Gasteiger partial charge in [0.15, 0.2) is 0 Å². The SMILES string of the molecule is C=C(C(=C)c1ccc(-c2ccccc2)cc1)c1ccc(-c2ccccc2)cc1. The van der Waals surface area contributed by atoms with Crippen LogP contribution in [-0.2, 0) is 0 Å². The summed E-state index contributed by atoms with van der Waals surface area (Å²) in [5.41, 5.74) is 8.93. The van der Waals surface area contributed by atoms with Crippen LogP contribution >= 0.6 is 0 Å². The third-order valence-electron chi connectivity index (χ3n) is 5.05. The van der Waals surface area contributed by atoms with Gasteiger partial charge in [-0.15, -0.1) is 0 Å². The Morgan fingerprint density at radius 3 is 0.964 bits per heavy atom. The molecule has 0 aromatic heterocycles. The fourth-order valence-electron chi connectivity index (χ4n) is 3.34. The molecule has 0 unspecified atom stereocenters. The van der Waals surface area contributed by atoms with Gasteiger partial charge in [-0.05, 0) is 44.5 Å². The molecule has 4 rings (SSSR count). The van der Waals surface area contributed by atoms with Crippen molar-refractivity contribution in [3.05, 3.63) is 133 Å². The molecule has 134 valence electrons. The summed E-state index contributed by atoms with van der Waals surface area (Å²) in [7, 11) is 0. The maximum atomic E-state index is 4.28. The molecule has 0 heterocycles. The average Bonchev–Trinajstić information content (AvgIpc) is 2.79. The van der Waals surface area contributed by atoms with Crippen LogP contribution in [0.15, 0.2) is 122 Å². The van der Waals surface area contributed by atoms with Gasteiger partial charge in [0, 0.05) is 0 Å². The average molecular weight is 358 g/mol. The van der Waals surface area contributed by atoms with Crippen molar-refractivity contribution in [2.24, 2.45) is 0 Å². The molecule has 0 aliphatic carbocycles. The van der Waals surface area contributed by atoms with Gasteiger partial charge in [0.1, 0.15) is 0 Å². The standard InChI is InChI=1S/C28H22/c1-21(23-13-17-27(18-14-23)25-9-5-3-6-10-25)22(2)24-15-19-28(20-16-24)26-11-7-4-8-12-26/h3-20H,1-2H2. The lowest BCUT2D eigenvalue weighted by Crippen LogP contribution is -1.89. The second-order valence-electron chi connectivity index (χ2n) is 6.84. The predicted molar refractivity (Wildman–Crippen MR) is 122 cm³/mol. The summed E-state index contributed by atoms with van der Waals surface area (Å²) in [4.78, 5) is 0. The van der Waals surface area contributed by atoms with E-state index in [0.29, 0.717) is 0 Å². The third-order valence-corrected chi connectivity index (χ3v) is 5.05. The summed E-state index contributed by atoms with van der Waals surface area (Å²) >= 11 is 0. The zero-order valence-corrected chi connectivity index (χ0v) is 15.8. The van der Waals surface area contributed by atoms with Crippen molar-refractivity contribution in [2.45, 2.75) is 0 Å². The second kappa shape index (κ2) is 7.94. The molecule has 28 heavy (non-hydrogen) atoms. The second-order valence-corrected chi connectivity index (χ2v) is 6.84. The highest BCUT2D eigenvalue weighted by atomic mass is 14.1. The van der Waals surface area contributed by atoms with Crippen LogP contribution in [0.3, 0.4) is 0 Å². The van der Waals surface area contributed by atoms with Crippen LogP contribution in [0.4, 0.5) is 0 Å². The molecule has 4 aromatic rings. The van der Waals surface area contributed by atoms with Crippen molar-refractivity contribution in [1.29, 1.82) is 0 Å². The quantitative estimate of drug-likeness (QED) is 0.320. The maximum Gasteiger partial charge on any atom is -0.0183 e. The first kappa shape index (κ1) is 17.8. The summed E-state index contributed by atoms with van der Waals surface area (Å²) in [5, 5.41) is 0. The van der Waals surface area contributed by atoms with E-state index in [2.05, 4.69) is 110 Å². The maximum absolute atomic E-state index is 4.28. The molecule has 0 saturated heterocycles. The Hall–Kier alpha value is -3.64.